The molecule has 0 saturated carbocycles. The summed E-state index contributed by atoms with van der Waals surface area (Å²) in [6, 6.07) is 0. The average molecular weight is 150 g/mol. The molecule has 0 aliphatic rings. The highest BCUT2D eigenvalue weighted by Crippen LogP contribution is 1.77. The second-order valence-electron chi connectivity index (χ2n) is 2.07. The van der Waals surface area contributed by atoms with E-state index in [1.165, 1.54) is 0 Å². The Labute approximate surface area is 67.8 Å². The van der Waals surface area contributed by atoms with Crippen molar-refractivity contribution < 1.29 is 0 Å². The maximum absolute atomic E-state index is 7.06. The molecule has 60 valence electrons. The zero-order valence-corrected chi connectivity index (χ0v) is 6.96. The Hall–Kier alpha value is -1.31. The van der Waals surface area contributed by atoms with Gasteiger partial charge in [0.2, 0.25) is 0 Å². The highest BCUT2D eigenvalue weighted by Gasteiger charge is 1.70. The summed E-state index contributed by atoms with van der Waals surface area (Å²) >= 11 is 0. The van der Waals surface area contributed by atoms with E-state index in [2.05, 4.69) is 5.32 Å². The van der Waals surface area contributed by atoms with E-state index in [9.17, 15) is 0 Å². The van der Waals surface area contributed by atoms with Crippen molar-refractivity contribution in [3.63, 3.8) is 0 Å². The van der Waals surface area contributed by atoms with Gasteiger partial charge in [-0.05, 0) is 32.2 Å². The van der Waals surface area contributed by atoms with Crippen molar-refractivity contribution >= 4 is 5.71 Å². The summed E-state index contributed by atoms with van der Waals surface area (Å²) in [5.41, 5.74) is 0.556. The Morgan fingerprint density at radius 1 is 1.27 bits per heavy atom. The van der Waals surface area contributed by atoms with Gasteiger partial charge in [0.05, 0.1) is 0 Å². The molecule has 0 aromatic rings. The Morgan fingerprint density at radius 3 is 2.55 bits per heavy atom. The second-order valence-corrected chi connectivity index (χ2v) is 2.07. The molecule has 0 bridgehead atoms. The lowest BCUT2D eigenvalue weighted by Crippen LogP contribution is -1.89. The van der Waals surface area contributed by atoms with Gasteiger partial charge in [-0.15, -0.1) is 0 Å². The smallest absolute Gasteiger partial charge is 0.0282 e. The van der Waals surface area contributed by atoms with E-state index >= 15 is 0 Å². The molecule has 0 atom stereocenters. The molecule has 0 unspecified atom stereocenters. The van der Waals surface area contributed by atoms with E-state index in [0.29, 0.717) is 5.71 Å². The lowest BCUT2D eigenvalue weighted by Gasteiger charge is -1.84. The van der Waals surface area contributed by atoms with Crippen molar-refractivity contribution in [1.29, 1.82) is 5.41 Å². The SMILES string of the molecule is C/C=C\N/C=C\C=C/C(C)=N. The minimum Gasteiger partial charge on any atom is -0.368 e. The fourth-order valence-electron chi connectivity index (χ4n) is 0.463. The van der Waals surface area contributed by atoms with Gasteiger partial charge in [0.25, 0.3) is 0 Å². The third kappa shape index (κ3) is 8.69. The first kappa shape index (κ1) is 9.69. The lowest BCUT2D eigenvalue weighted by molar-refractivity contribution is 1.19. The minimum atomic E-state index is 0.556. The maximum Gasteiger partial charge on any atom is 0.0282 e. The van der Waals surface area contributed by atoms with Gasteiger partial charge in [0.15, 0.2) is 0 Å². The van der Waals surface area contributed by atoms with Crippen LogP contribution in [0.3, 0.4) is 0 Å². The Morgan fingerprint density at radius 2 is 2.00 bits per heavy atom. The van der Waals surface area contributed by atoms with E-state index in [1.807, 2.05) is 31.4 Å². The first-order chi connectivity index (χ1) is 5.27. The molecule has 2 heteroatoms. The fraction of sp³-hybridized carbons (Fsp3) is 0.222. The highest BCUT2D eigenvalue weighted by atomic mass is 14.8. The third-order valence-corrected chi connectivity index (χ3v) is 0.913. The Balaban J connectivity index is 3.52. The van der Waals surface area contributed by atoms with E-state index in [4.69, 9.17) is 5.41 Å². The van der Waals surface area contributed by atoms with Crippen molar-refractivity contribution in [1.82, 2.24) is 5.32 Å². The van der Waals surface area contributed by atoms with E-state index in [1.54, 1.807) is 19.2 Å². The molecule has 0 aliphatic carbocycles. The van der Waals surface area contributed by atoms with Gasteiger partial charge >= 0.3 is 0 Å². The van der Waals surface area contributed by atoms with Crippen LogP contribution in [0.5, 0.6) is 0 Å². The molecule has 2 N–H and O–H groups in total. The molecular weight excluding hydrogens is 136 g/mol. The van der Waals surface area contributed by atoms with Crippen LogP contribution in [-0.2, 0) is 0 Å². The van der Waals surface area contributed by atoms with Crippen molar-refractivity contribution in [2.24, 2.45) is 0 Å². The molecule has 0 aromatic carbocycles. The van der Waals surface area contributed by atoms with Gasteiger partial charge in [-0.25, -0.2) is 0 Å². The first-order valence-electron chi connectivity index (χ1n) is 3.53. The van der Waals surface area contributed by atoms with Gasteiger partial charge in [-0.2, -0.15) is 0 Å². The maximum atomic E-state index is 7.06. The minimum absolute atomic E-state index is 0.556. The van der Waals surface area contributed by atoms with Gasteiger partial charge in [-0.1, -0.05) is 12.2 Å². The van der Waals surface area contributed by atoms with E-state index in [0.717, 1.165) is 0 Å². The van der Waals surface area contributed by atoms with Crippen LogP contribution in [0.15, 0.2) is 36.7 Å². The second kappa shape index (κ2) is 6.81. The summed E-state index contributed by atoms with van der Waals surface area (Å²) in [5, 5.41) is 9.98. The molecule has 0 saturated heterocycles. The molecule has 0 spiro atoms. The van der Waals surface area contributed by atoms with Crippen molar-refractivity contribution in [2.75, 3.05) is 0 Å². The van der Waals surface area contributed by atoms with Crippen LogP contribution < -0.4 is 5.32 Å². The summed E-state index contributed by atoms with van der Waals surface area (Å²) in [5.74, 6) is 0. The predicted octanol–water partition coefficient (Wildman–Crippen LogP) is 2.22. The van der Waals surface area contributed by atoms with Crippen molar-refractivity contribution in [2.45, 2.75) is 13.8 Å². The average Bonchev–Trinajstić information content (AvgIpc) is 1.96. The quantitative estimate of drug-likeness (QED) is 0.468. The molecule has 0 rings (SSSR count). The highest BCUT2D eigenvalue weighted by molar-refractivity contribution is 5.90. The lowest BCUT2D eigenvalue weighted by atomic mass is 10.4. The summed E-state index contributed by atoms with van der Waals surface area (Å²) in [6.07, 6.45) is 10.9. The number of nitrogens with one attached hydrogen (secondary N) is 2. The molecule has 0 heterocycles. The molecule has 2 nitrogen and oxygen atoms in total. The summed E-state index contributed by atoms with van der Waals surface area (Å²) in [4.78, 5) is 0. The summed E-state index contributed by atoms with van der Waals surface area (Å²) < 4.78 is 0. The topological polar surface area (TPSA) is 35.9 Å². The number of hydrogen-bond donors (Lipinski definition) is 2. The monoisotopic (exact) mass is 150 g/mol. The van der Waals surface area contributed by atoms with Crippen molar-refractivity contribution in [3.8, 4) is 0 Å². The molecular formula is C9H14N2. The fourth-order valence-corrected chi connectivity index (χ4v) is 0.463. The zero-order chi connectivity index (χ0) is 8.53. The number of hydrogen-bond acceptors (Lipinski definition) is 2. The molecule has 0 aliphatic heterocycles. The molecule has 0 amide bonds. The summed E-state index contributed by atoms with van der Waals surface area (Å²) in [6.45, 7) is 3.68. The Kier molecular flexibility index (Phi) is 5.99. The van der Waals surface area contributed by atoms with Crippen LogP contribution in [0, 0.1) is 5.41 Å². The normalized spacial score (nSPS) is 11.8. The number of allylic oxidation sites excluding steroid dienone is 4. The summed E-state index contributed by atoms with van der Waals surface area (Å²) in [7, 11) is 0. The van der Waals surface area contributed by atoms with E-state index < -0.39 is 0 Å². The predicted molar refractivity (Wildman–Crippen MR) is 49.6 cm³/mol. The largest absolute Gasteiger partial charge is 0.368 e. The van der Waals surface area contributed by atoms with E-state index in [-0.39, 0.29) is 0 Å². The van der Waals surface area contributed by atoms with Crippen LogP contribution in [-0.4, -0.2) is 5.71 Å². The van der Waals surface area contributed by atoms with Crippen LogP contribution in [0.1, 0.15) is 13.8 Å². The van der Waals surface area contributed by atoms with Gasteiger partial charge in [0.1, 0.15) is 0 Å². The molecule has 0 fully saturated rings. The van der Waals surface area contributed by atoms with Crippen LogP contribution >= 0.6 is 0 Å². The first-order valence-corrected chi connectivity index (χ1v) is 3.53. The third-order valence-electron chi connectivity index (χ3n) is 0.913. The van der Waals surface area contributed by atoms with Gasteiger partial charge < -0.3 is 10.7 Å². The van der Waals surface area contributed by atoms with Gasteiger partial charge in [0, 0.05) is 11.9 Å². The Bertz CT molecular complexity index is 188. The van der Waals surface area contributed by atoms with Crippen molar-refractivity contribution in [3.05, 3.63) is 36.7 Å². The molecule has 0 aromatic heterocycles. The van der Waals surface area contributed by atoms with Crippen LogP contribution in [0.2, 0.25) is 0 Å². The molecule has 11 heavy (non-hydrogen) atoms. The standard InChI is InChI=1S/C9H14N2/c1-3-7-11-8-5-4-6-9(2)10/h3-8,10-11H,1-2H3/b6-4-,7-3-,8-5-,10-9?. The van der Waals surface area contributed by atoms with Crippen LogP contribution in [0.25, 0.3) is 0 Å². The number of rotatable bonds is 4. The molecule has 0 radical (unpaired) electrons. The van der Waals surface area contributed by atoms with Crippen LogP contribution in [0.4, 0.5) is 0 Å². The van der Waals surface area contributed by atoms with Gasteiger partial charge in [-0.3, -0.25) is 0 Å². The zero-order valence-electron chi connectivity index (χ0n) is 6.96.